The molecule has 0 amide bonds. The van der Waals surface area contributed by atoms with Gasteiger partial charge >= 0.3 is 5.97 Å². The lowest BCUT2D eigenvalue weighted by molar-refractivity contribution is -0.177. The van der Waals surface area contributed by atoms with Gasteiger partial charge in [0.15, 0.2) is 5.79 Å². The van der Waals surface area contributed by atoms with Crippen LogP contribution in [0.25, 0.3) is 0 Å². The van der Waals surface area contributed by atoms with E-state index in [2.05, 4.69) is 12.2 Å². The topological polar surface area (TPSA) is 73.9 Å². The van der Waals surface area contributed by atoms with Gasteiger partial charge in [-0.25, -0.2) is 9.18 Å². The lowest BCUT2D eigenvalue weighted by Crippen LogP contribution is -2.39. The van der Waals surface area contributed by atoms with Crippen molar-refractivity contribution in [2.75, 3.05) is 25.6 Å². The molecule has 33 heavy (non-hydrogen) atoms. The second-order valence-electron chi connectivity index (χ2n) is 9.43. The minimum atomic E-state index is -0.467. The van der Waals surface area contributed by atoms with Crippen molar-refractivity contribution < 1.29 is 28.2 Å². The Morgan fingerprint density at radius 3 is 2.24 bits per heavy atom. The molecule has 8 heteroatoms. The molecule has 3 fully saturated rings. The van der Waals surface area contributed by atoms with Gasteiger partial charge in [0.1, 0.15) is 5.82 Å². The number of nitrogens with one attached hydrogen (secondary N) is 1. The molecule has 1 aromatic rings. The molecular formula is C25H35ClFNO5. The van der Waals surface area contributed by atoms with Crippen molar-refractivity contribution in [1.29, 1.82) is 0 Å². The summed E-state index contributed by atoms with van der Waals surface area (Å²) in [5, 5.41) is 3.15. The van der Waals surface area contributed by atoms with Crippen molar-refractivity contribution in [1.82, 2.24) is 0 Å². The monoisotopic (exact) mass is 483 g/mol. The zero-order valence-electron chi connectivity index (χ0n) is 19.8. The van der Waals surface area contributed by atoms with E-state index in [1.807, 2.05) is 0 Å². The Balaban J connectivity index is 0.000000257. The number of esters is 1. The molecule has 3 aliphatic rings. The summed E-state index contributed by atoms with van der Waals surface area (Å²) < 4.78 is 30.1. The van der Waals surface area contributed by atoms with Gasteiger partial charge in [0.2, 0.25) is 5.24 Å². The summed E-state index contributed by atoms with van der Waals surface area (Å²) in [4.78, 5) is 22.6. The molecule has 2 saturated carbocycles. The molecule has 0 atom stereocenters. The maximum Gasteiger partial charge on any atom is 0.339 e. The van der Waals surface area contributed by atoms with E-state index < -0.39 is 11.8 Å². The molecule has 4 rings (SSSR count). The summed E-state index contributed by atoms with van der Waals surface area (Å²) >= 11 is 5.37. The standard InChI is InChI=1S/C17H22FNO4.C8H13ClO/c1-11-9-13(16(20)21-2)15(10-14(11)18)19-12-3-5-17(6-4-12)22-7-8-23-17;1-6-2-4-7(5-3-6)8(9)10/h9-10,12,19H,3-8H2,1-2H3;6-7H,2-5H2,1H3. The van der Waals surface area contributed by atoms with Crippen molar-refractivity contribution in [3.63, 3.8) is 0 Å². The van der Waals surface area contributed by atoms with E-state index >= 15 is 0 Å². The van der Waals surface area contributed by atoms with E-state index in [4.69, 9.17) is 25.8 Å². The van der Waals surface area contributed by atoms with Gasteiger partial charge in [-0.05, 0) is 80.7 Å². The van der Waals surface area contributed by atoms with E-state index in [1.165, 1.54) is 32.1 Å². The van der Waals surface area contributed by atoms with Crippen LogP contribution in [0.2, 0.25) is 0 Å². The minimum Gasteiger partial charge on any atom is -0.465 e. The molecule has 1 heterocycles. The molecule has 6 nitrogen and oxygen atoms in total. The van der Waals surface area contributed by atoms with Crippen LogP contribution in [0.3, 0.4) is 0 Å². The van der Waals surface area contributed by atoms with Crippen molar-refractivity contribution in [3.05, 3.63) is 29.1 Å². The Morgan fingerprint density at radius 1 is 1.09 bits per heavy atom. The van der Waals surface area contributed by atoms with Crippen LogP contribution in [-0.2, 0) is 19.0 Å². The van der Waals surface area contributed by atoms with Gasteiger partial charge in [-0.1, -0.05) is 6.92 Å². The predicted octanol–water partition coefficient (Wildman–Crippen LogP) is 5.60. The van der Waals surface area contributed by atoms with Gasteiger partial charge in [-0.3, -0.25) is 4.79 Å². The maximum atomic E-state index is 13.9. The highest BCUT2D eigenvalue weighted by Crippen LogP contribution is 2.37. The summed E-state index contributed by atoms with van der Waals surface area (Å²) in [5.74, 6) is -0.271. The summed E-state index contributed by atoms with van der Waals surface area (Å²) in [6.45, 7) is 5.15. The molecule has 1 spiro atoms. The van der Waals surface area contributed by atoms with E-state index in [1.54, 1.807) is 6.92 Å². The molecule has 1 N–H and O–H groups in total. The van der Waals surface area contributed by atoms with Crippen LogP contribution in [0, 0.1) is 24.6 Å². The van der Waals surface area contributed by atoms with Crippen molar-refractivity contribution in [2.45, 2.75) is 77.0 Å². The zero-order valence-corrected chi connectivity index (χ0v) is 20.5. The number of anilines is 1. The fourth-order valence-electron chi connectivity index (χ4n) is 4.77. The van der Waals surface area contributed by atoms with Crippen molar-refractivity contribution in [2.24, 2.45) is 11.8 Å². The number of rotatable bonds is 4. The largest absolute Gasteiger partial charge is 0.465 e. The lowest BCUT2D eigenvalue weighted by atomic mass is 9.84. The average Bonchev–Trinajstić information content (AvgIpc) is 3.26. The minimum absolute atomic E-state index is 0.132. The molecule has 0 bridgehead atoms. The van der Waals surface area contributed by atoms with E-state index in [-0.39, 0.29) is 23.0 Å². The zero-order chi connectivity index (χ0) is 24.0. The number of hydrogen-bond acceptors (Lipinski definition) is 6. The third kappa shape index (κ3) is 6.90. The maximum absolute atomic E-state index is 13.9. The van der Waals surface area contributed by atoms with Gasteiger partial charge in [0, 0.05) is 24.8 Å². The van der Waals surface area contributed by atoms with Crippen molar-refractivity contribution >= 4 is 28.5 Å². The van der Waals surface area contributed by atoms with Crippen molar-refractivity contribution in [3.8, 4) is 0 Å². The molecule has 1 aromatic carbocycles. The summed E-state index contributed by atoms with van der Waals surface area (Å²) in [6, 6.07) is 3.05. The van der Waals surface area contributed by atoms with E-state index in [9.17, 15) is 14.0 Å². The molecule has 0 unspecified atom stereocenters. The van der Waals surface area contributed by atoms with Crippen LogP contribution in [0.15, 0.2) is 12.1 Å². The first-order valence-electron chi connectivity index (χ1n) is 11.9. The normalized spacial score (nSPS) is 24.6. The van der Waals surface area contributed by atoms with Crippen LogP contribution >= 0.6 is 11.6 Å². The first kappa shape index (κ1) is 25.9. The summed E-state index contributed by atoms with van der Waals surface area (Å²) in [5.41, 5.74) is 1.26. The van der Waals surface area contributed by atoms with Crippen LogP contribution in [0.4, 0.5) is 10.1 Å². The molecule has 0 aromatic heterocycles. The number of benzene rings is 1. The lowest BCUT2D eigenvalue weighted by Gasteiger charge is -2.36. The molecular weight excluding hydrogens is 449 g/mol. The third-order valence-corrected chi connectivity index (χ3v) is 7.27. The first-order valence-corrected chi connectivity index (χ1v) is 12.2. The quantitative estimate of drug-likeness (QED) is 0.444. The Morgan fingerprint density at radius 2 is 1.70 bits per heavy atom. The third-order valence-electron chi connectivity index (χ3n) is 6.96. The van der Waals surface area contributed by atoms with Crippen LogP contribution < -0.4 is 5.32 Å². The van der Waals surface area contributed by atoms with Gasteiger partial charge in [0.05, 0.1) is 31.6 Å². The second kappa shape index (κ2) is 11.6. The van der Waals surface area contributed by atoms with E-state index in [0.717, 1.165) is 44.4 Å². The number of halogens is 2. The van der Waals surface area contributed by atoms with Gasteiger partial charge in [-0.15, -0.1) is 0 Å². The fourth-order valence-corrected chi connectivity index (χ4v) is 4.99. The van der Waals surface area contributed by atoms with Gasteiger partial charge in [0.25, 0.3) is 0 Å². The number of hydrogen-bond donors (Lipinski definition) is 1. The summed E-state index contributed by atoms with van der Waals surface area (Å²) in [7, 11) is 1.32. The summed E-state index contributed by atoms with van der Waals surface area (Å²) in [6.07, 6.45) is 7.63. The SMILES string of the molecule is CC1CCC(C(=O)Cl)CC1.COC(=O)c1cc(C)c(F)cc1NC1CCC2(CC1)OCCO2. The molecule has 2 aliphatic carbocycles. The Kier molecular flexibility index (Phi) is 9.13. The second-order valence-corrected chi connectivity index (χ2v) is 9.80. The Labute approximate surface area is 200 Å². The molecule has 184 valence electrons. The Bertz CT molecular complexity index is 824. The van der Waals surface area contributed by atoms with Gasteiger partial charge < -0.3 is 19.5 Å². The van der Waals surface area contributed by atoms with E-state index in [0.29, 0.717) is 30.0 Å². The smallest absolute Gasteiger partial charge is 0.339 e. The number of carbonyl (C=O) groups is 2. The highest BCUT2D eigenvalue weighted by molar-refractivity contribution is 6.63. The number of aryl methyl sites for hydroxylation is 1. The molecule has 1 saturated heterocycles. The first-order chi connectivity index (χ1) is 15.7. The number of carbonyl (C=O) groups excluding carboxylic acids is 2. The average molecular weight is 484 g/mol. The molecule has 1 aliphatic heterocycles. The van der Waals surface area contributed by atoms with Crippen LogP contribution in [0.5, 0.6) is 0 Å². The Hall–Kier alpha value is -1.70. The van der Waals surface area contributed by atoms with Crippen LogP contribution in [-0.4, -0.2) is 43.4 Å². The number of methoxy groups -OCH3 is 1. The highest BCUT2D eigenvalue weighted by atomic mass is 35.5. The fraction of sp³-hybridized carbons (Fsp3) is 0.680. The van der Waals surface area contributed by atoms with Gasteiger partial charge in [-0.2, -0.15) is 0 Å². The predicted molar refractivity (Wildman–Crippen MR) is 125 cm³/mol. The highest BCUT2D eigenvalue weighted by Gasteiger charge is 2.40. The molecule has 0 radical (unpaired) electrons. The number of ether oxygens (including phenoxy) is 3. The van der Waals surface area contributed by atoms with Crippen LogP contribution in [0.1, 0.15) is 74.2 Å².